The molecular weight excluding hydrogens is 397 g/mol. The highest BCUT2D eigenvalue weighted by atomic mass is 19.1. The summed E-state index contributed by atoms with van der Waals surface area (Å²) in [5.41, 5.74) is 5.18. The van der Waals surface area contributed by atoms with Crippen LogP contribution in [0.3, 0.4) is 0 Å². The Hall–Kier alpha value is -3.72. The van der Waals surface area contributed by atoms with Gasteiger partial charge in [-0.1, -0.05) is 91.0 Å². The molecule has 0 spiro atoms. The van der Waals surface area contributed by atoms with Crippen LogP contribution in [0.15, 0.2) is 103 Å². The van der Waals surface area contributed by atoms with Gasteiger partial charge in [0, 0.05) is 17.7 Å². The maximum absolute atomic E-state index is 14.6. The molecule has 1 atom stereocenters. The van der Waals surface area contributed by atoms with Gasteiger partial charge in [0.2, 0.25) is 0 Å². The molecule has 4 aromatic carbocycles. The van der Waals surface area contributed by atoms with Crippen molar-refractivity contribution in [2.24, 2.45) is 0 Å². The fraction of sp³-hybridized carbons (Fsp3) is 0.138. The van der Waals surface area contributed by atoms with Gasteiger partial charge < -0.3 is 4.90 Å². The number of aryl methyl sites for hydroxylation is 1. The van der Waals surface area contributed by atoms with Crippen molar-refractivity contribution in [2.45, 2.75) is 25.4 Å². The maximum Gasteiger partial charge on any atom is 0.255 e. The van der Waals surface area contributed by atoms with E-state index in [9.17, 15) is 9.18 Å². The highest BCUT2D eigenvalue weighted by Gasteiger charge is 2.32. The Balaban J connectivity index is 1.59. The van der Waals surface area contributed by atoms with Crippen LogP contribution in [0.25, 0.3) is 11.1 Å². The van der Waals surface area contributed by atoms with Gasteiger partial charge in [0.05, 0.1) is 6.04 Å². The van der Waals surface area contributed by atoms with Crippen molar-refractivity contribution in [1.29, 1.82) is 0 Å². The van der Waals surface area contributed by atoms with E-state index in [4.69, 9.17) is 0 Å². The second-order valence-electron chi connectivity index (χ2n) is 8.20. The normalized spacial score (nSPS) is 14.7. The van der Waals surface area contributed by atoms with Crippen LogP contribution < -0.4 is 0 Å². The third-order valence-electron chi connectivity index (χ3n) is 6.26. The Morgan fingerprint density at radius 3 is 2.25 bits per heavy atom. The maximum atomic E-state index is 14.6. The van der Waals surface area contributed by atoms with E-state index in [0.717, 1.165) is 18.4 Å². The molecule has 158 valence electrons. The molecular formula is C29H24FNO. The molecule has 1 aliphatic rings. The first kappa shape index (κ1) is 20.2. The number of carbonyl (C=O) groups is 1. The lowest BCUT2D eigenvalue weighted by Gasteiger charge is -2.31. The summed E-state index contributed by atoms with van der Waals surface area (Å²) >= 11 is 0. The third-order valence-corrected chi connectivity index (χ3v) is 6.26. The highest BCUT2D eigenvalue weighted by Crippen LogP contribution is 2.38. The van der Waals surface area contributed by atoms with Gasteiger partial charge in [-0.15, -0.1) is 0 Å². The molecule has 0 bridgehead atoms. The van der Waals surface area contributed by atoms with E-state index in [-0.39, 0.29) is 17.8 Å². The van der Waals surface area contributed by atoms with E-state index in [2.05, 4.69) is 18.2 Å². The molecule has 1 aliphatic carbocycles. The summed E-state index contributed by atoms with van der Waals surface area (Å²) in [6, 6.07) is 32.4. The first-order valence-corrected chi connectivity index (χ1v) is 11.0. The summed E-state index contributed by atoms with van der Waals surface area (Å²) in [5, 5.41) is 0. The monoisotopic (exact) mass is 421 g/mol. The summed E-state index contributed by atoms with van der Waals surface area (Å²) < 4.78 is 14.6. The van der Waals surface area contributed by atoms with Gasteiger partial charge >= 0.3 is 0 Å². The Morgan fingerprint density at radius 1 is 0.781 bits per heavy atom. The van der Waals surface area contributed by atoms with Gasteiger partial charge in [0.1, 0.15) is 5.82 Å². The van der Waals surface area contributed by atoms with Crippen molar-refractivity contribution in [1.82, 2.24) is 4.90 Å². The van der Waals surface area contributed by atoms with E-state index in [1.165, 1.54) is 17.2 Å². The molecule has 0 aromatic heterocycles. The van der Waals surface area contributed by atoms with Crippen molar-refractivity contribution in [2.75, 3.05) is 0 Å². The Labute approximate surface area is 188 Å². The Bertz CT molecular complexity index is 1250. The Kier molecular flexibility index (Phi) is 5.55. The van der Waals surface area contributed by atoms with Crippen molar-refractivity contribution < 1.29 is 9.18 Å². The molecule has 32 heavy (non-hydrogen) atoms. The largest absolute Gasteiger partial charge is 0.327 e. The van der Waals surface area contributed by atoms with E-state index in [0.29, 0.717) is 23.2 Å². The molecule has 1 unspecified atom stereocenters. The zero-order valence-electron chi connectivity index (χ0n) is 17.7. The zero-order valence-corrected chi connectivity index (χ0v) is 17.7. The number of nitrogens with zero attached hydrogens (tertiary/aromatic N) is 1. The lowest BCUT2D eigenvalue weighted by molar-refractivity contribution is 0.0659. The van der Waals surface area contributed by atoms with E-state index in [1.54, 1.807) is 18.2 Å². The molecule has 2 nitrogen and oxygen atoms in total. The minimum atomic E-state index is -0.325. The van der Waals surface area contributed by atoms with Crippen LogP contribution in [0.5, 0.6) is 0 Å². The van der Waals surface area contributed by atoms with Crippen LogP contribution >= 0.6 is 0 Å². The lowest BCUT2D eigenvalue weighted by atomic mass is 9.97. The van der Waals surface area contributed by atoms with Gasteiger partial charge in [-0.25, -0.2) is 4.39 Å². The average molecular weight is 422 g/mol. The Morgan fingerprint density at radius 2 is 1.44 bits per heavy atom. The van der Waals surface area contributed by atoms with Crippen LogP contribution in [-0.4, -0.2) is 10.8 Å². The van der Waals surface area contributed by atoms with Crippen LogP contribution in [0.2, 0.25) is 0 Å². The van der Waals surface area contributed by atoms with E-state index in [1.807, 2.05) is 65.6 Å². The van der Waals surface area contributed by atoms with Crippen LogP contribution in [0.4, 0.5) is 4.39 Å². The molecule has 0 N–H and O–H groups in total. The van der Waals surface area contributed by atoms with Gasteiger partial charge in [0.25, 0.3) is 5.91 Å². The van der Waals surface area contributed by atoms with Gasteiger partial charge in [-0.3, -0.25) is 4.79 Å². The summed E-state index contributed by atoms with van der Waals surface area (Å²) in [4.78, 5) is 16.0. The summed E-state index contributed by atoms with van der Waals surface area (Å²) in [6.45, 7) is 0.504. The number of amides is 1. The molecule has 3 heteroatoms. The number of rotatable bonds is 5. The molecule has 0 fully saturated rings. The van der Waals surface area contributed by atoms with Gasteiger partial charge in [-0.05, 0) is 47.2 Å². The number of hydrogen-bond donors (Lipinski definition) is 0. The molecule has 0 saturated heterocycles. The number of hydrogen-bond acceptors (Lipinski definition) is 1. The fourth-order valence-electron chi connectivity index (χ4n) is 4.70. The zero-order chi connectivity index (χ0) is 21.9. The highest BCUT2D eigenvalue weighted by molar-refractivity contribution is 6.01. The fourth-order valence-corrected chi connectivity index (χ4v) is 4.70. The first-order chi connectivity index (χ1) is 15.7. The quantitative estimate of drug-likeness (QED) is 0.346. The topological polar surface area (TPSA) is 20.3 Å². The molecule has 0 heterocycles. The SMILES string of the molecule is O=C(c1ccccc1-c1ccccc1F)N(Cc1ccccc1)C1CCc2ccccc21. The molecule has 5 rings (SSSR count). The van der Waals surface area contributed by atoms with E-state index >= 15 is 0 Å². The minimum Gasteiger partial charge on any atom is -0.327 e. The summed E-state index contributed by atoms with van der Waals surface area (Å²) in [5.74, 6) is -0.400. The number of halogens is 1. The first-order valence-electron chi connectivity index (χ1n) is 11.0. The second kappa shape index (κ2) is 8.80. The van der Waals surface area contributed by atoms with Crippen molar-refractivity contribution in [3.05, 3.63) is 131 Å². The van der Waals surface area contributed by atoms with E-state index < -0.39 is 0 Å². The molecule has 0 aliphatic heterocycles. The summed E-state index contributed by atoms with van der Waals surface area (Å²) in [7, 11) is 0. The molecule has 4 aromatic rings. The van der Waals surface area contributed by atoms with Gasteiger partial charge in [-0.2, -0.15) is 0 Å². The van der Waals surface area contributed by atoms with Crippen LogP contribution in [0.1, 0.15) is 39.5 Å². The molecule has 0 saturated carbocycles. The van der Waals surface area contributed by atoms with Crippen molar-refractivity contribution in [3.63, 3.8) is 0 Å². The van der Waals surface area contributed by atoms with Crippen LogP contribution in [0, 0.1) is 5.82 Å². The predicted molar refractivity (Wildman–Crippen MR) is 126 cm³/mol. The number of carbonyl (C=O) groups excluding carboxylic acids is 1. The minimum absolute atomic E-state index is 0.00687. The predicted octanol–water partition coefficient (Wildman–Crippen LogP) is 6.82. The smallest absolute Gasteiger partial charge is 0.255 e. The average Bonchev–Trinajstić information content (AvgIpc) is 3.27. The third kappa shape index (κ3) is 3.82. The van der Waals surface area contributed by atoms with Gasteiger partial charge in [0.15, 0.2) is 0 Å². The lowest BCUT2D eigenvalue weighted by Crippen LogP contribution is -2.34. The van der Waals surface area contributed by atoms with Crippen LogP contribution in [-0.2, 0) is 13.0 Å². The molecule has 0 radical (unpaired) electrons. The standard InChI is InChI=1S/C29H24FNO/c30-27-17-9-8-15-25(27)24-14-6-7-16-26(24)29(32)31(20-21-10-2-1-3-11-21)28-19-18-22-12-4-5-13-23(22)28/h1-17,28H,18-20H2. The van der Waals surface area contributed by atoms with Crippen molar-refractivity contribution in [3.8, 4) is 11.1 Å². The number of fused-ring (bicyclic) bond motifs is 1. The summed E-state index contributed by atoms with van der Waals surface area (Å²) in [6.07, 6.45) is 1.84. The van der Waals surface area contributed by atoms with Crippen molar-refractivity contribution >= 4 is 5.91 Å². The molecule has 1 amide bonds. The number of benzene rings is 4. The second-order valence-corrected chi connectivity index (χ2v) is 8.20.